The highest BCUT2D eigenvalue weighted by Crippen LogP contribution is 2.25. The van der Waals surface area contributed by atoms with Gasteiger partial charge in [0.2, 0.25) is 0 Å². The molecule has 0 aromatic heterocycles. The quantitative estimate of drug-likeness (QED) is 0.771. The predicted molar refractivity (Wildman–Crippen MR) is 47.4 cm³/mol. The van der Waals surface area contributed by atoms with Gasteiger partial charge in [-0.25, -0.2) is 4.39 Å². The second-order valence-corrected chi connectivity index (χ2v) is 3.34. The third kappa shape index (κ3) is 1.83. The molecule has 1 unspecified atom stereocenters. The van der Waals surface area contributed by atoms with Gasteiger partial charge in [-0.3, -0.25) is 0 Å². The Balaban J connectivity index is 3.12. The van der Waals surface area contributed by atoms with Crippen molar-refractivity contribution < 1.29 is 9.60 Å². The summed E-state index contributed by atoms with van der Waals surface area (Å²) >= 11 is 3.20. The molecule has 0 aliphatic rings. The Labute approximate surface area is 78.5 Å². The van der Waals surface area contributed by atoms with E-state index in [1.54, 1.807) is 19.1 Å². The fourth-order valence-corrected chi connectivity index (χ4v) is 1.67. The van der Waals surface area contributed by atoms with Crippen LogP contribution in [0.3, 0.4) is 0 Å². The molecule has 0 fully saturated rings. The second kappa shape index (κ2) is 3.98. The lowest BCUT2D eigenvalue weighted by Gasteiger charge is -2.11. The molecule has 0 spiro atoms. The first-order valence-corrected chi connectivity index (χ1v) is 4.29. The van der Waals surface area contributed by atoms with Crippen molar-refractivity contribution in [2.24, 2.45) is 0 Å². The van der Waals surface area contributed by atoms with Crippen molar-refractivity contribution >= 4 is 15.9 Å². The Morgan fingerprint density at radius 2 is 2.25 bits per heavy atom. The van der Waals surface area contributed by atoms with Crippen LogP contribution in [0.15, 0.2) is 22.7 Å². The zero-order valence-electron chi connectivity index (χ0n) is 6.51. The van der Waals surface area contributed by atoms with E-state index >= 15 is 0 Å². The van der Waals surface area contributed by atoms with Gasteiger partial charge in [0.05, 0.1) is 6.04 Å². The molecule has 2 N–H and O–H groups in total. The Morgan fingerprint density at radius 1 is 1.58 bits per heavy atom. The van der Waals surface area contributed by atoms with Crippen LogP contribution in [0.1, 0.15) is 18.5 Å². The molecule has 2 nitrogen and oxygen atoms in total. The highest BCUT2D eigenvalue weighted by atomic mass is 79.9. The van der Waals surface area contributed by atoms with Gasteiger partial charge in [0.25, 0.3) is 0 Å². The van der Waals surface area contributed by atoms with Gasteiger partial charge in [-0.2, -0.15) is 5.48 Å². The molecule has 1 atom stereocenters. The standard InChI is InChI=1S/C8H9BrFNO/c1-5(11-12)8-6(9)3-2-4-7(8)10/h2-5,11-12H,1H3. The maximum Gasteiger partial charge on any atom is 0.129 e. The molecule has 66 valence electrons. The molecule has 1 rings (SSSR count). The lowest BCUT2D eigenvalue weighted by atomic mass is 10.1. The summed E-state index contributed by atoms with van der Waals surface area (Å²) in [7, 11) is 0. The number of rotatable bonds is 2. The van der Waals surface area contributed by atoms with Gasteiger partial charge in [-0.05, 0) is 19.1 Å². The van der Waals surface area contributed by atoms with Crippen LogP contribution in [0, 0.1) is 5.82 Å². The van der Waals surface area contributed by atoms with Gasteiger partial charge in [-0.15, -0.1) is 0 Å². The zero-order chi connectivity index (χ0) is 9.14. The van der Waals surface area contributed by atoms with Crippen molar-refractivity contribution in [2.75, 3.05) is 0 Å². The van der Waals surface area contributed by atoms with Crippen molar-refractivity contribution in [1.29, 1.82) is 0 Å². The average molecular weight is 234 g/mol. The summed E-state index contributed by atoms with van der Waals surface area (Å²) in [6.45, 7) is 1.67. The molecule has 0 radical (unpaired) electrons. The predicted octanol–water partition coefficient (Wildman–Crippen LogP) is 2.63. The van der Waals surface area contributed by atoms with Crippen LogP contribution < -0.4 is 5.48 Å². The first-order chi connectivity index (χ1) is 5.66. The molecule has 0 aliphatic carbocycles. The lowest BCUT2D eigenvalue weighted by molar-refractivity contribution is 0.131. The molecule has 0 heterocycles. The third-order valence-electron chi connectivity index (χ3n) is 1.63. The molecule has 1 aromatic rings. The molecule has 0 saturated heterocycles. The summed E-state index contributed by atoms with van der Waals surface area (Å²) in [6, 6.07) is 4.27. The molecule has 0 bridgehead atoms. The molecular formula is C8H9BrFNO. The fraction of sp³-hybridized carbons (Fsp3) is 0.250. The molecule has 0 saturated carbocycles. The number of nitrogens with one attached hydrogen (secondary N) is 1. The summed E-state index contributed by atoms with van der Waals surface area (Å²) in [5, 5.41) is 8.60. The van der Waals surface area contributed by atoms with E-state index in [0.717, 1.165) is 0 Å². The number of hydrogen-bond acceptors (Lipinski definition) is 2. The minimum absolute atomic E-state index is 0.335. The smallest absolute Gasteiger partial charge is 0.129 e. The normalized spacial score (nSPS) is 13.0. The largest absolute Gasteiger partial charge is 0.316 e. The average Bonchev–Trinajstić information content (AvgIpc) is 2.03. The van der Waals surface area contributed by atoms with Crippen LogP contribution >= 0.6 is 15.9 Å². The van der Waals surface area contributed by atoms with Crippen molar-refractivity contribution in [3.8, 4) is 0 Å². The minimum Gasteiger partial charge on any atom is -0.316 e. The molecule has 0 amide bonds. The van der Waals surface area contributed by atoms with E-state index < -0.39 is 6.04 Å². The van der Waals surface area contributed by atoms with Gasteiger partial charge < -0.3 is 5.21 Å². The van der Waals surface area contributed by atoms with E-state index in [9.17, 15) is 4.39 Å². The van der Waals surface area contributed by atoms with Gasteiger partial charge >= 0.3 is 0 Å². The Kier molecular flexibility index (Phi) is 3.20. The van der Waals surface area contributed by atoms with Gasteiger partial charge in [0.15, 0.2) is 0 Å². The fourth-order valence-electron chi connectivity index (χ4n) is 0.989. The van der Waals surface area contributed by atoms with Crippen LogP contribution in [0.4, 0.5) is 4.39 Å². The van der Waals surface area contributed by atoms with E-state index in [4.69, 9.17) is 5.21 Å². The molecule has 0 aliphatic heterocycles. The molecular weight excluding hydrogens is 225 g/mol. The summed E-state index contributed by atoms with van der Waals surface area (Å²) < 4.78 is 13.8. The Hall–Kier alpha value is -0.450. The van der Waals surface area contributed by atoms with E-state index in [-0.39, 0.29) is 5.82 Å². The number of hydrogen-bond donors (Lipinski definition) is 2. The first kappa shape index (κ1) is 9.64. The second-order valence-electron chi connectivity index (χ2n) is 2.49. The van der Waals surface area contributed by atoms with Crippen LogP contribution in [-0.2, 0) is 0 Å². The van der Waals surface area contributed by atoms with Gasteiger partial charge in [0, 0.05) is 10.0 Å². The van der Waals surface area contributed by atoms with Gasteiger partial charge in [-0.1, -0.05) is 22.0 Å². The van der Waals surface area contributed by atoms with Crippen LogP contribution in [0.2, 0.25) is 0 Å². The number of halogens is 2. The molecule has 4 heteroatoms. The maximum absolute atomic E-state index is 13.1. The van der Waals surface area contributed by atoms with Crippen LogP contribution in [0.25, 0.3) is 0 Å². The highest BCUT2D eigenvalue weighted by molar-refractivity contribution is 9.10. The number of benzene rings is 1. The maximum atomic E-state index is 13.1. The summed E-state index contributed by atoms with van der Waals surface area (Å²) in [6.07, 6.45) is 0. The minimum atomic E-state index is -0.416. The van der Waals surface area contributed by atoms with Crippen molar-refractivity contribution in [3.63, 3.8) is 0 Å². The van der Waals surface area contributed by atoms with Crippen molar-refractivity contribution in [2.45, 2.75) is 13.0 Å². The van der Waals surface area contributed by atoms with Crippen molar-refractivity contribution in [3.05, 3.63) is 34.1 Å². The summed E-state index contributed by atoms with van der Waals surface area (Å²) in [4.78, 5) is 0. The summed E-state index contributed by atoms with van der Waals surface area (Å²) in [5.74, 6) is -0.335. The third-order valence-corrected chi connectivity index (χ3v) is 2.32. The monoisotopic (exact) mass is 233 g/mol. The summed E-state index contributed by atoms with van der Waals surface area (Å²) in [5.41, 5.74) is 2.42. The topological polar surface area (TPSA) is 32.3 Å². The number of hydroxylamine groups is 1. The Morgan fingerprint density at radius 3 is 2.75 bits per heavy atom. The van der Waals surface area contributed by atoms with E-state index in [1.165, 1.54) is 6.07 Å². The highest BCUT2D eigenvalue weighted by Gasteiger charge is 2.12. The van der Waals surface area contributed by atoms with Crippen LogP contribution in [-0.4, -0.2) is 5.21 Å². The van der Waals surface area contributed by atoms with E-state index in [1.807, 2.05) is 5.48 Å². The molecule has 12 heavy (non-hydrogen) atoms. The molecule has 1 aromatic carbocycles. The van der Waals surface area contributed by atoms with Gasteiger partial charge in [0.1, 0.15) is 5.82 Å². The lowest BCUT2D eigenvalue weighted by Crippen LogP contribution is -2.15. The SMILES string of the molecule is CC(NO)c1c(F)cccc1Br. The van der Waals surface area contributed by atoms with Crippen molar-refractivity contribution in [1.82, 2.24) is 5.48 Å². The van der Waals surface area contributed by atoms with E-state index in [0.29, 0.717) is 10.0 Å². The van der Waals surface area contributed by atoms with Crippen LogP contribution in [0.5, 0.6) is 0 Å². The van der Waals surface area contributed by atoms with E-state index in [2.05, 4.69) is 15.9 Å². The first-order valence-electron chi connectivity index (χ1n) is 3.50. The zero-order valence-corrected chi connectivity index (χ0v) is 8.10. The Bertz CT molecular complexity index is 260.